The van der Waals surface area contributed by atoms with Crippen LogP contribution in [0.15, 0.2) is 48.8 Å². The number of nitrogens with one attached hydrogen (secondary N) is 1. The third kappa shape index (κ3) is 4.92. The molecule has 25 heavy (non-hydrogen) atoms. The maximum absolute atomic E-state index is 5.81. The quantitative estimate of drug-likeness (QED) is 0.673. The summed E-state index contributed by atoms with van der Waals surface area (Å²) in [7, 11) is 0. The summed E-state index contributed by atoms with van der Waals surface area (Å²) >= 11 is 5.49. The second kappa shape index (κ2) is 8.47. The molecule has 0 aliphatic carbocycles. The van der Waals surface area contributed by atoms with Crippen molar-refractivity contribution >= 4 is 23.0 Å². The molecule has 1 aromatic carbocycles. The van der Waals surface area contributed by atoms with Crippen LogP contribution in [0.25, 0.3) is 0 Å². The topological polar surface area (TPSA) is 46.6 Å². The Morgan fingerprint density at radius 1 is 1.44 bits per heavy atom. The van der Waals surface area contributed by atoms with Gasteiger partial charge in [-0.2, -0.15) is 0 Å². The van der Waals surface area contributed by atoms with Crippen LogP contribution in [-0.4, -0.2) is 47.4 Å². The Morgan fingerprint density at radius 2 is 2.36 bits per heavy atom. The first-order chi connectivity index (χ1) is 12.2. The zero-order chi connectivity index (χ0) is 17.5. The maximum atomic E-state index is 5.81. The summed E-state index contributed by atoms with van der Waals surface area (Å²) in [4.78, 5) is 6.16. The largest absolute Gasteiger partial charge is 0.491 e. The number of hydrogen-bond donors (Lipinski definition) is 1. The van der Waals surface area contributed by atoms with Gasteiger partial charge >= 0.3 is 0 Å². The van der Waals surface area contributed by atoms with E-state index in [1.807, 2.05) is 36.4 Å². The van der Waals surface area contributed by atoms with Gasteiger partial charge in [0.1, 0.15) is 18.5 Å². The molecule has 128 valence electrons. The molecule has 1 fully saturated rings. The van der Waals surface area contributed by atoms with E-state index in [9.17, 15) is 0 Å². The number of anilines is 1. The fourth-order valence-corrected chi connectivity index (χ4v) is 2.79. The van der Waals surface area contributed by atoms with Crippen LogP contribution in [0.5, 0.6) is 5.75 Å². The van der Waals surface area contributed by atoms with Crippen molar-refractivity contribution in [3.63, 3.8) is 0 Å². The molecule has 1 aliphatic heterocycles. The molecule has 0 spiro atoms. The SMILES string of the molecule is C#Cc1cccc(OCC2CN(C(=S)Nc3cccnc3)CCO2)c1. The minimum Gasteiger partial charge on any atom is -0.491 e. The number of morpholine rings is 1. The molecule has 0 radical (unpaired) electrons. The number of nitrogens with zero attached hydrogens (tertiary/aromatic N) is 2. The average Bonchev–Trinajstić information content (AvgIpc) is 2.67. The minimum atomic E-state index is -0.0584. The Morgan fingerprint density at radius 3 is 3.16 bits per heavy atom. The summed E-state index contributed by atoms with van der Waals surface area (Å²) in [6.07, 6.45) is 8.82. The zero-order valence-electron chi connectivity index (χ0n) is 13.7. The third-order valence-electron chi connectivity index (χ3n) is 3.78. The van der Waals surface area contributed by atoms with Crippen molar-refractivity contribution in [3.05, 3.63) is 54.4 Å². The molecule has 1 saturated heterocycles. The van der Waals surface area contributed by atoms with E-state index in [1.165, 1.54) is 0 Å². The number of hydrogen-bond acceptors (Lipinski definition) is 4. The number of aromatic nitrogens is 1. The van der Waals surface area contributed by atoms with Gasteiger partial charge in [0, 0.05) is 24.8 Å². The Kier molecular flexibility index (Phi) is 5.83. The average molecular weight is 353 g/mol. The number of rotatable bonds is 4. The first-order valence-electron chi connectivity index (χ1n) is 8.01. The summed E-state index contributed by atoms with van der Waals surface area (Å²) < 4.78 is 11.6. The van der Waals surface area contributed by atoms with Crippen molar-refractivity contribution in [1.29, 1.82) is 0 Å². The van der Waals surface area contributed by atoms with Crippen molar-refractivity contribution in [3.8, 4) is 18.1 Å². The predicted octanol–water partition coefficient (Wildman–Crippen LogP) is 2.54. The lowest BCUT2D eigenvalue weighted by molar-refractivity contribution is -0.0280. The zero-order valence-corrected chi connectivity index (χ0v) is 14.5. The number of ether oxygens (including phenoxy) is 2. The highest BCUT2D eigenvalue weighted by Crippen LogP contribution is 2.15. The molecule has 1 aromatic heterocycles. The summed E-state index contributed by atoms with van der Waals surface area (Å²) in [6.45, 7) is 2.46. The summed E-state index contributed by atoms with van der Waals surface area (Å²) in [5, 5.41) is 3.86. The standard InChI is InChI=1S/C19H19N3O2S/c1-2-15-5-3-7-17(11-15)24-14-18-13-22(9-10-23-18)19(25)21-16-6-4-8-20-12-16/h1,3-8,11-12,18H,9-10,13-14H2,(H,21,25). The van der Waals surface area contributed by atoms with E-state index in [2.05, 4.69) is 21.1 Å². The molecular formula is C19H19N3O2S. The van der Waals surface area contributed by atoms with Crippen LogP contribution in [0.4, 0.5) is 5.69 Å². The number of terminal acetylenes is 1. The van der Waals surface area contributed by atoms with Crippen molar-refractivity contribution in [2.24, 2.45) is 0 Å². The van der Waals surface area contributed by atoms with Crippen LogP contribution >= 0.6 is 12.2 Å². The molecule has 0 saturated carbocycles. The van der Waals surface area contributed by atoms with Gasteiger partial charge in [0.2, 0.25) is 0 Å². The van der Waals surface area contributed by atoms with Crippen molar-refractivity contribution < 1.29 is 9.47 Å². The summed E-state index contributed by atoms with van der Waals surface area (Å²) in [5.41, 5.74) is 1.67. The lowest BCUT2D eigenvalue weighted by Crippen LogP contribution is -2.49. The maximum Gasteiger partial charge on any atom is 0.173 e. The van der Waals surface area contributed by atoms with Crippen LogP contribution in [0.2, 0.25) is 0 Å². The van der Waals surface area contributed by atoms with Gasteiger partial charge in [-0.05, 0) is 42.5 Å². The third-order valence-corrected chi connectivity index (χ3v) is 4.14. The van der Waals surface area contributed by atoms with E-state index in [1.54, 1.807) is 12.4 Å². The monoisotopic (exact) mass is 353 g/mol. The van der Waals surface area contributed by atoms with Crippen molar-refractivity contribution in [1.82, 2.24) is 9.88 Å². The number of pyridine rings is 1. The van der Waals surface area contributed by atoms with Crippen LogP contribution in [0, 0.1) is 12.3 Å². The lowest BCUT2D eigenvalue weighted by atomic mass is 10.2. The van der Waals surface area contributed by atoms with Crippen LogP contribution < -0.4 is 10.1 Å². The van der Waals surface area contributed by atoms with Gasteiger partial charge in [-0.3, -0.25) is 4.98 Å². The summed E-state index contributed by atoms with van der Waals surface area (Å²) in [5.74, 6) is 3.34. The molecule has 1 atom stereocenters. The normalized spacial score (nSPS) is 16.8. The van der Waals surface area contributed by atoms with Gasteiger partial charge in [-0.1, -0.05) is 12.0 Å². The van der Waals surface area contributed by atoms with E-state index in [-0.39, 0.29) is 6.10 Å². The fourth-order valence-electron chi connectivity index (χ4n) is 2.51. The minimum absolute atomic E-state index is 0.0584. The van der Waals surface area contributed by atoms with E-state index in [0.29, 0.717) is 24.9 Å². The second-order valence-electron chi connectivity index (χ2n) is 5.59. The Labute approximate surface area is 153 Å². The molecule has 1 unspecified atom stereocenters. The van der Waals surface area contributed by atoms with Crippen LogP contribution in [0.1, 0.15) is 5.56 Å². The Balaban J connectivity index is 1.52. The van der Waals surface area contributed by atoms with E-state index in [4.69, 9.17) is 28.1 Å². The molecule has 6 heteroatoms. The van der Waals surface area contributed by atoms with E-state index in [0.717, 1.165) is 23.5 Å². The van der Waals surface area contributed by atoms with Gasteiger partial charge in [-0.15, -0.1) is 6.42 Å². The molecule has 2 heterocycles. The predicted molar refractivity (Wildman–Crippen MR) is 102 cm³/mol. The highest BCUT2D eigenvalue weighted by atomic mass is 32.1. The van der Waals surface area contributed by atoms with E-state index < -0.39 is 0 Å². The smallest absolute Gasteiger partial charge is 0.173 e. The molecule has 1 aliphatic rings. The molecule has 0 amide bonds. The highest BCUT2D eigenvalue weighted by Gasteiger charge is 2.23. The summed E-state index contributed by atoms with van der Waals surface area (Å²) in [6, 6.07) is 11.3. The van der Waals surface area contributed by atoms with Crippen molar-refractivity contribution in [2.45, 2.75) is 6.10 Å². The Bertz CT molecular complexity index is 761. The van der Waals surface area contributed by atoms with Gasteiger partial charge in [-0.25, -0.2) is 0 Å². The van der Waals surface area contributed by atoms with Gasteiger partial charge in [0.15, 0.2) is 5.11 Å². The van der Waals surface area contributed by atoms with Gasteiger partial charge in [0.25, 0.3) is 0 Å². The lowest BCUT2D eigenvalue weighted by Gasteiger charge is -2.34. The number of benzene rings is 1. The second-order valence-corrected chi connectivity index (χ2v) is 5.98. The number of thiocarbonyl (C=S) groups is 1. The molecular weight excluding hydrogens is 334 g/mol. The Hall–Kier alpha value is -2.62. The highest BCUT2D eigenvalue weighted by molar-refractivity contribution is 7.80. The molecule has 3 rings (SSSR count). The van der Waals surface area contributed by atoms with Crippen LogP contribution in [-0.2, 0) is 4.74 Å². The van der Waals surface area contributed by atoms with Gasteiger partial charge in [0.05, 0.1) is 18.5 Å². The van der Waals surface area contributed by atoms with E-state index >= 15 is 0 Å². The molecule has 2 aromatic rings. The van der Waals surface area contributed by atoms with Crippen molar-refractivity contribution in [2.75, 3.05) is 31.6 Å². The van der Waals surface area contributed by atoms with Crippen LogP contribution in [0.3, 0.4) is 0 Å². The molecule has 5 nitrogen and oxygen atoms in total. The first kappa shape index (κ1) is 17.2. The van der Waals surface area contributed by atoms with Gasteiger partial charge < -0.3 is 19.7 Å². The first-order valence-corrected chi connectivity index (χ1v) is 8.42. The molecule has 0 bridgehead atoms. The fraction of sp³-hybridized carbons (Fsp3) is 0.263. The molecule has 1 N–H and O–H groups in total.